The zero-order valence-corrected chi connectivity index (χ0v) is 9.47. The van der Waals surface area contributed by atoms with E-state index in [-0.39, 0.29) is 11.3 Å². The fraction of sp³-hybridized carbons (Fsp3) is 0.273. The molecule has 0 amide bonds. The number of hydrogen-bond acceptors (Lipinski definition) is 3. The Morgan fingerprint density at radius 2 is 2.13 bits per heavy atom. The van der Waals surface area contributed by atoms with Gasteiger partial charge in [-0.2, -0.15) is 8.42 Å². The van der Waals surface area contributed by atoms with Gasteiger partial charge in [-0.3, -0.25) is 4.18 Å². The molecule has 4 heteroatoms. The lowest BCUT2D eigenvalue weighted by atomic mass is 10.1. The Labute approximate surface area is 90.2 Å². The minimum absolute atomic E-state index is 0.147. The van der Waals surface area contributed by atoms with Gasteiger partial charge in [0.25, 0.3) is 10.1 Å². The highest BCUT2D eigenvalue weighted by Crippen LogP contribution is 2.19. The van der Waals surface area contributed by atoms with E-state index >= 15 is 0 Å². The molecule has 1 rings (SSSR count). The predicted molar refractivity (Wildman–Crippen MR) is 57.9 cm³/mol. The van der Waals surface area contributed by atoms with E-state index in [1.54, 1.807) is 12.1 Å². The Bertz CT molecular complexity index is 495. The van der Waals surface area contributed by atoms with Gasteiger partial charge in [-0.05, 0) is 18.6 Å². The molecule has 0 unspecified atom stereocenters. The normalized spacial score (nSPS) is 11.0. The summed E-state index contributed by atoms with van der Waals surface area (Å²) < 4.78 is 27.5. The first-order valence-corrected chi connectivity index (χ1v) is 5.75. The van der Waals surface area contributed by atoms with Crippen LogP contribution in [0.1, 0.15) is 11.1 Å². The molecule has 1 aromatic carbocycles. The van der Waals surface area contributed by atoms with Gasteiger partial charge >= 0.3 is 0 Å². The average Bonchev–Trinajstić information content (AvgIpc) is 2.18. The standard InChI is InChI=1S/C11H12O3S/c1-4-5-10-8-9(2)6-7-11(10)15(12,13)14-3/h1,6-8H,5H2,2-3H3. The van der Waals surface area contributed by atoms with Crippen LogP contribution in [0.25, 0.3) is 0 Å². The number of benzene rings is 1. The van der Waals surface area contributed by atoms with Crippen LogP contribution in [-0.4, -0.2) is 15.5 Å². The molecular weight excluding hydrogens is 212 g/mol. The molecule has 0 aliphatic carbocycles. The first kappa shape index (κ1) is 11.8. The third kappa shape index (κ3) is 2.58. The summed E-state index contributed by atoms with van der Waals surface area (Å²) in [4.78, 5) is 0.147. The van der Waals surface area contributed by atoms with Gasteiger partial charge < -0.3 is 0 Å². The van der Waals surface area contributed by atoms with Crippen LogP contribution in [0.4, 0.5) is 0 Å². The van der Waals surface area contributed by atoms with Gasteiger partial charge in [0.05, 0.1) is 12.0 Å². The van der Waals surface area contributed by atoms with Crippen LogP contribution in [0.3, 0.4) is 0 Å². The van der Waals surface area contributed by atoms with Gasteiger partial charge in [0.15, 0.2) is 0 Å². The summed E-state index contributed by atoms with van der Waals surface area (Å²) in [5, 5.41) is 0. The van der Waals surface area contributed by atoms with Crippen molar-refractivity contribution < 1.29 is 12.6 Å². The van der Waals surface area contributed by atoms with Gasteiger partial charge in [0.1, 0.15) is 0 Å². The summed E-state index contributed by atoms with van der Waals surface area (Å²) in [6.45, 7) is 1.88. The van der Waals surface area contributed by atoms with E-state index in [2.05, 4.69) is 10.1 Å². The molecule has 0 aromatic heterocycles. The summed E-state index contributed by atoms with van der Waals surface area (Å²) >= 11 is 0. The Hall–Kier alpha value is -1.31. The summed E-state index contributed by atoms with van der Waals surface area (Å²) in [6.07, 6.45) is 5.46. The van der Waals surface area contributed by atoms with Crippen LogP contribution in [0, 0.1) is 19.3 Å². The lowest BCUT2D eigenvalue weighted by molar-refractivity contribution is 0.397. The summed E-state index contributed by atoms with van der Waals surface area (Å²) in [5.74, 6) is 2.43. The Balaban J connectivity index is 3.37. The molecule has 15 heavy (non-hydrogen) atoms. The lowest BCUT2D eigenvalue weighted by Gasteiger charge is -2.07. The Morgan fingerprint density at radius 1 is 1.47 bits per heavy atom. The van der Waals surface area contributed by atoms with Crippen molar-refractivity contribution in [2.45, 2.75) is 18.2 Å². The molecule has 0 radical (unpaired) electrons. The Morgan fingerprint density at radius 3 is 2.67 bits per heavy atom. The number of terminal acetylenes is 1. The van der Waals surface area contributed by atoms with Gasteiger partial charge in [-0.1, -0.05) is 17.7 Å². The highest BCUT2D eigenvalue weighted by atomic mass is 32.2. The fourth-order valence-electron chi connectivity index (χ4n) is 1.29. The molecule has 0 aliphatic heterocycles. The van der Waals surface area contributed by atoms with E-state index in [0.717, 1.165) is 12.7 Å². The number of aryl methyl sites for hydroxylation is 1. The SMILES string of the molecule is C#CCc1cc(C)ccc1S(=O)(=O)OC. The van der Waals surface area contributed by atoms with E-state index < -0.39 is 10.1 Å². The van der Waals surface area contributed by atoms with Crippen molar-refractivity contribution in [1.82, 2.24) is 0 Å². The molecule has 0 N–H and O–H groups in total. The van der Waals surface area contributed by atoms with Gasteiger partial charge in [0.2, 0.25) is 0 Å². The quantitative estimate of drug-likeness (QED) is 0.577. The minimum atomic E-state index is -3.66. The van der Waals surface area contributed by atoms with Crippen molar-refractivity contribution in [3.8, 4) is 12.3 Å². The van der Waals surface area contributed by atoms with Gasteiger partial charge in [-0.25, -0.2) is 0 Å². The van der Waals surface area contributed by atoms with Crippen LogP contribution in [0.15, 0.2) is 23.1 Å². The second-order valence-corrected chi connectivity index (χ2v) is 4.79. The fourth-order valence-corrected chi connectivity index (χ4v) is 2.16. The molecule has 0 bridgehead atoms. The largest absolute Gasteiger partial charge is 0.297 e. The maximum Gasteiger partial charge on any atom is 0.297 e. The molecular formula is C11H12O3S. The van der Waals surface area contributed by atoms with Crippen molar-refractivity contribution in [3.63, 3.8) is 0 Å². The van der Waals surface area contributed by atoms with Crippen LogP contribution < -0.4 is 0 Å². The van der Waals surface area contributed by atoms with Crippen LogP contribution >= 0.6 is 0 Å². The summed E-state index contributed by atoms with van der Waals surface area (Å²) in [7, 11) is -2.53. The highest BCUT2D eigenvalue weighted by molar-refractivity contribution is 7.86. The van der Waals surface area contributed by atoms with Crippen molar-refractivity contribution in [1.29, 1.82) is 0 Å². The van der Waals surface area contributed by atoms with Gasteiger partial charge in [-0.15, -0.1) is 12.3 Å². The van der Waals surface area contributed by atoms with E-state index in [0.29, 0.717) is 5.56 Å². The topological polar surface area (TPSA) is 43.4 Å². The zero-order chi connectivity index (χ0) is 11.5. The van der Waals surface area contributed by atoms with Crippen molar-refractivity contribution in [2.24, 2.45) is 0 Å². The highest BCUT2D eigenvalue weighted by Gasteiger charge is 2.17. The number of rotatable bonds is 3. The van der Waals surface area contributed by atoms with Crippen LogP contribution in [0.5, 0.6) is 0 Å². The number of hydrogen-bond donors (Lipinski definition) is 0. The third-order valence-corrected chi connectivity index (χ3v) is 3.37. The minimum Gasteiger partial charge on any atom is -0.270 e. The summed E-state index contributed by atoms with van der Waals surface area (Å²) in [5.41, 5.74) is 1.56. The van der Waals surface area contributed by atoms with E-state index in [1.165, 1.54) is 6.07 Å². The van der Waals surface area contributed by atoms with Gasteiger partial charge in [0, 0.05) is 6.42 Å². The third-order valence-electron chi connectivity index (χ3n) is 2.00. The maximum atomic E-state index is 11.5. The molecule has 0 atom stereocenters. The summed E-state index contributed by atoms with van der Waals surface area (Å²) in [6, 6.07) is 4.98. The molecule has 80 valence electrons. The molecule has 0 aliphatic rings. The van der Waals surface area contributed by atoms with E-state index in [4.69, 9.17) is 6.42 Å². The van der Waals surface area contributed by atoms with Crippen LogP contribution in [-0.2, 0) is 20.7 Å². The van der Waals surface area contributed by atoms with Crippen molar-refractivity contribution in [2.75, 3.05) is 7.11 Å². The first-order valence-electron chi connectivity index (χ1n) is 4.35. The average molecular weight is 224 g/mol. The first-order chi connectivity index (χ1) is 7.01. The lowest BCUT2D eigenvalue weighted by Crippen LogP contribution is -2.06. The van der Waals surface area contributed by atoms with Crippen LogP contribution in [0.2, 0.25) is 0 Å². The zero-order valence-electron chi connectivity index (χ0n) is 8.65. The predicted octanol–water partition coefficient (Wildman–Crippen LogP) is 1.51. The second kappa shape index (κ2) is 4.47. The van der Waals surface area contributed by atoms with Crippen molar-refractivity contribution >= 4 is 10.1 Å². The molecule has 0 spiro atoms. The molecule has 0 saturated carbocycles. The Kier molecular flexibility index (Phi) is 3.51. The maximum absolute atomic E-state index is 11.5. The van der Waals surface area contributed by atoms with E-state index in [1.807, 2.05) is 6.92 Å². The van der Waals surface area contributed by atoms with E-state index in [9.17, 15) is 8.42 Å². The smallest absolute Gasteiger partial charge is 0.270 e. The van der Waals surface area contributed by atoms with Crippen molar-refractivity contribution in [3.05, 3.63) is 29.3 Å². The molecule has 1 aromatic rings. The monoisotopic (exact) mass is 224 g/mol. The molecule has 0 saturated heterocycles. The second-order valence-electron chi connectivity index (χ2n) is 3.11. The molecule has 0 heterocycles. The molecule has 0 fully saturated rings. The molecule has 3 nitrogen and oxygen atoms in total.